The fourth-order valence-corrected chi connectivity index (χ4v) is 4.70. The number of aromatic nitrogens is 4. The lowest BCUT2D eigenvalue weighted by Crippen LogP contribution is -2.20. The van der Waals surface area contributed by atoms with Gasteiger partial charge in [0, 0.05) is 29.2 Å². The lowest BCUT2D eigenvalue weighted by molar-refractivity contribution is 0.0963. The van der Waals surface area contributed by atoms with Crippen LogP contribution in [0.3, 0.4) is 0 Å². The van der Waals surface area contributed by atoms with Crippen LogP contribution < -0.4 is 0 Å². The van der Waals surface area contributed by atoms with E-state index in [-0.39, 0.29) is 11.7 Å². The summed E-state index contributed by atoms with van der Waals surface area (Å²) in [7, 11) is 0. The summed E-state index contributed by atoms with van der Waals surface area (Å²) < 4.78 is 1.65. The Labute approximate surface area is 148 Å². The van der Waals surface area contributed by atoms with Crippen molar-refractivity contribution in [3.63, 3.8) is 0 Å². The second kappa shape index (κ2) is 6.64. The second-order valence-electron chi connectivity index (χ2n) is 5.99. The third kappa shape index (κ3) is 2.98. The van der Waals surface area contributed by atoms with E-state index in [0.29, 0.717) is 17.8 Å². The minimum absolute atomic E-state index is 0.153. The Morgan fingerprint density at radius 3 is 3.08 bits per heavy atom. The Morgan fingerprint density at radius 1 is 1.38 bits per heavy atom. The van der Waals surface area contributed by atoms with Crippen molar-refractivity contribution in [1.29, 1.82) is 0 Å². The highest BCUT2D eigenvalue weighted by atomic mass is 32.2. The summed E-state index contributed by atoms with van der Waals surface area (Å²) in [6.45, 7) is 2.17. The summed E-state index contributed by atoms with van der Waals surface area (Å²) in [5.41, 5.74) is 1.56. The van der Waals surface area contributed by atoms with Crippen molar-refractivity contribution in [3.05, 3.63) is 39.8 Å². The molecule has 3 heterocycles. The number of hydrogen-bond donors (Lipinski definition) is 0. The molecule has 1 aliphatic carbocycles. The van der Waals surface area contributed by atoms with Gasteiger partial charge in [0.15, 0.2) is 5.78 Å². The standard InChI is InChI=1S/C17H18N4OS2/c1-2-3-6-24-17-19-16-18-13-8-11(15-5-4-7-23-15)9-14(22)12(13)10-21(16)20-17/h4-5,7,10-11H,2-3,6,8-9H2,1H3. The van der Waals surface area contributed by atoms with E-state index in [0.717, 1.165) is 35.9 Å². The maximum Gasteiger partial charge on any atom is 0.253 e. The molecule has 124 valence electrons. The Bertz CT molecular complexity index is 872. The van der Waals surface area contributed by atoms with E-state index in [2.05, 4.69) is 33.4 Å². The molecule has 0 saturated carbocycles. The van der Waals surface area contributed by atoms with Gasteiger partial charge in [-0.05, 0) is 24.3 Å². The molecular formula is C17H18N4OS2. The Kier molecular flexibility index (Phi) is 4.37. The molecule has 0 amide bonds. The number of ketones is 1. The summed E-state index contributed by atoms with van der Waals surface area (Å²) in [5, 5.41) is 7.25. The molecule has 1 unspecified atom stereocenters. The molecule has 0 radical (unpaired) electrons. The third-order valence-electron chi connectivity index (χ3n) is 4.24. The van der Waals surface area contributed by atoms with Crippen molar-refractivity contribution >= 4 is 34.7 Å². The van der Waals surface area contributed by atoms with Crippen LogP contribution in [0.5, 0.6) is 0 Å². The number of thiophene rings is 1. The second-order valence-corrected chi connectivity index (χ2v) is 8.03. The summed E-state index contributed by atoms with van der Waals surface area (Å²) in [6, 6.07) is 4.14. The summed E-state index contributed by atoms with van der Waals surface area (Å²) in [5.74, 6) is 1.99. The normalized spacial score (nSPS) is 17.4. The minimum atomic E-state index is 0.153. The van der Waals surface area contributed by atoms with Crippen molar-refractivity contribution in [2.45, 2.75) is 43.7 Å². The maximum atomic E-state index is 12.6. The van der Waals surface area contributed by atoms with Gasteiger partial charge >= 0.3 is 0 Å². The van der Waals surface area contributed by atoms with Gasteiger partial charge in [0.25, 0.3) is 5.78 Å². The molecule has 0 N–H and O–H groups in total. The first-order valence-electron chi connectivity index (χ1n) is 8.20. The zero-order chi connectivity index (χ0) is 16.5. The van der Waals surface area contributed by atoms with Gasteiger partial charge in [-0.3, -0.25) is 4.79 Å². The van der Waals surface area contributed by atoms with Crippen LogP contribution in [-0.4, -0.2) is 31.1 Å². The molecule has 0 saturated heterocycles. The number of Topliss-reactive ketones (excluding diaryl/α,β-unsaturated/α-hetero) is 1. The van der Waals surface area contributed by atoms with Crippen molar-refractivity contribution in [3.8, 4) is 0 Å². The minimum Gasteiger partial charge on any atom is -0.294 e. The molecule has 7 heteroatoms. The van der Waals surface area contributed by atoms with Crippen LogP contribution in [0, 0.1) is 0 Å². The molecule has 5 nitrogen and oxygen atoms in total. The number of carbonyl (C=O) groups is 1. The molecule has 0 aromatic carbocycles. The van der Waals surface area contributed by atoms with Crippen LogP contribution in [0.4, 0.5) is 0 Å². The monoisotopic (exact) mass is 358 g/mol. The van der Waals surface area contributed by atoms with Crippen LogP contribution in [0.15, 0.2) is 28.9 Å². The third-order valence-corrected chi connectivity index (χ3v) is 6.20. The van der Waals surface area contributed by atoms with Crippen LogP contribution in [0.1, 0.15) is 53.0 Å². The number of fused-ring (bicyclic) bond motifs is 2. The van der Waals surface area contributed by atoms with Gasteiger partial charge < -0.3 is 0 Å². The van der Waals surface area contributed by atoms with Gasteiger partial charge in [-0.15, -0.1) is 16.4 Å². The van der Waals surface area contributed by atoms with Gasteiger partial charge in [-0.2, -0.15) is 4.98 Å². The number of carbonyl (C=O) groups excluding carboxylic acids is 1. The lowest BCUT2D eigenvalue weighted by Gasteiger charge is -2.21. The molecule has 0 fully saturated rings. The first-order valence-corrected chi connectivity index (χ1v) is 10.1. The average Bonchev–Trinajstić information content (AvgIpc) is 3.22. The Balaban J connectivity index is 1.64. The largest absolute Gasteiger partial charge is 0.294 e. The number of thioether (sulfide) groups is 1. The molecule has 24 heavy (non-hydrogen) atoms. The Morgan fingerprint density at radius 2 is 2.29 bits per heavy atom. The summed E-state index contributed by atoms with van der Waals surface area (Å²) >= 11 is 3.35. The number of hydrogen-bond acceptors (Lipinski definition) is 6. The van der Waals surface area contributed by atoms with Crippen molar-refractivity contribution < 1.29 is 4.79 Å². The highest BCUT2D eigenvalue weighted by molar-refractivity contribution is 7.99. The van der Waals surface area contributed by atoms with E-state index in [9.17, 15) is 4.79 Å². The predicted molar refractivity (Wildman–Crippen MR) is 96.1 cm³/mol. The summed E-state index contributed by atoms with van der Waals surface area (Å²) in [6.07, 6.45) is 5.45. The van der Waals surface area contributed by atoms with E-state index >= 15 is 0 Å². The molecule has 1 atom stereocenters. The molecule has 0 spiro atoms. The van der Waals surface area contributed by atoms with Crippen LogP contribution in [-0.2, 0) is 6.42 Å². The quantitative estimate of drug-likeness (QED) is 0.510. The average molecular weight is 358 g/mol. The van der Waals surface area contributed by atoms with Gasteiger partial charge in [0.05, 0.1) is 11.3 Å². The van der Waals surface area contributed by atoms with E-state index in [1.54, 1.807) is 27.6 Å². The molecule has 3 aromatic rings. The molecule has 4 rings (SSSR count). The van der Waals surface area contributed by atoms with Gasteiger partial charge in [-0.1, -0.05) is 31.2 Å². The topological polar surface area (TPSA) is 60.1 Å². The van der Waals surface area contributed by atoms with Gasteiger partial charge in [0.1, 0.15) is 0 Å². The fourth-order valence-electron chi connectivity index (χ4n) is 2.96. The molecule has 3 aromatic heterocycles. The zero-order valence-electron chi connectivity index (χ0n) is 13.4. The van der Waals surface area contributed by atoms with Gasteiger partial charge in [0.2, 0.25) is 5.16 Å². The summed E-state index contributed by atoms with van der Waals surface area (Å²) in [4.78, 5) is 22.9. The lowest BCUT2D eigenvalue weighted by atomic mass is 9.86. The van der Waals surface area contributed by atoms with Crippen LogP contribution >= 0.6 is 23.1 Å². The number of unbranched alkanes of at least 4 members (excludes halogenated alkanes) is 1. The maximum absolute atomic E-state index is 12.6. The number of nitrogens with zero attached hydrogens (tertiary/aromatic N) is 4. The van der Waals surface area contributed by atoms with Crippen LogP contribution in [0.2, 0.25) is 0 Å². The first-order chi connectivity index (χ1) is 11.7. The van der Waals surface area contributed by atoms with Crippen molar-refractivity contribution in [2.75, 3.05) is 5.75 Å². The molecular weight excluding hydrogens is 340 g/mol. The van der Waals surface area contributed by atoms with Crippen molar-refractivity contribution in [1.82, 2.24) is 19.6 Å². The molecule has 0 bridgehead atoms. The molecule has 1 aliphatic rings. The number of rotatable bonds is 5. The van der Waals surface area contributed by atoms with E-state index < -0.39 is 0 Å². The first kappa shape index (κ1) is 15.8. The van der Waals surface area contributed by atoms with E-state index in [1.807, 2.05) is 12.3 Å². The zero-order valence-corrected chi connectivity index (χ0v) is 15.1. The Hall–Kier alpha value is -1.73. The highest BCUT2D eigenvalue weighted by Crippen LogP contribution is 2.34. The van der Waals surface area contributed by atoms with Crippen molar-refractivity contribution in [2.24, 2.45) is 0 Å². The van der Waals surface area contributed by atoms with E-state index in [4.69, 9.17) is 0 Å². The SMILES string of the molecule is CCCCSc1nc2nc3c(cn2n1)C(=O)CC(c1cccs1)C3. The highest BCUT2D eigenvalue weighted by Gasteiger charge is 2.29. The van der Waals surface area contributed by atoms with E-state index in [1.165, 1.54) is 4.88 Å². The predicted octanol–water partition coefficient (Wildman–Crippen LogP) is 3.99. The van der Waals surface area contributed by atoms with Crippen LogP contribution in [0.25, 0.3) is 5.78 Å². The smallest absolute Gasteiger partial charge is 0.253 e. The van der Waals surface area contributed by atoms with Gasteiger partial charge in [-0.25, -0.2) is 9.50 Å². The molecule has 0 aliphatic heterocycles. The fraction of sp³-hybridized carbons (Fsp3) is 0.412.